The Balaban J connectivity index is 2.33. The molecule has 0 amide bonds. The van der Waals surface area contributed by atoms with Crippen LogP contribution in [0.2, 0.25) is 0 Å². The molecule has 0 saturated carbocycles. The molecule has 0 aliphatic heterocycles. The lowest BCUT2D eigenvalue weighted by Gasteiger charge is -2.16. The molecule has 0 bridgehead atoms. The molecule has 116 valence electrons. The van der Waals surface area contributed by atoms with Gasteiger partial charge in [-0.3, -0.25) is 0 Å². The Morgan fingerprint density at radius 2 is 1.83 bits per heavy atom. The summed E-state index contributed by atoms with van der Waals surface area (Å²) in [6, 6.07) is 14.3. The van der Waals surface area contributed by atoms with Gasteiger partial charge in [-0.05, 0) is 41.5 Å². The Kier molecular flexibility index (Phi) is 4.21. The minimum absolute atomic E-state index is 0.333. The largest absolute Gasteiger partial charge is 0.539 e. The lowest BCUT2D eigenvalue weighted by Crippen LogP contribution is -2.02. The molecule has 0 radical (unpaired) electrons. The highest BCUT2D eigenvalue weighted by Crippen LogP contribution is 2.40. The van der Waals surface area contributed by atoms with Crippen LogP contribution in [0.15, 0.2) is 48.5 Å². The van der Waals surface area contributed by atoms with Gasteiger partial charge in [0.25, 0.3) is 0 Å². The minimum atomic E-state index is -0.440. The van der Waals surface area contributed by atoms with Gasteiger partial charge in [-0.15, -0.1) is 0 Å². The molecular formula is C18H16BFO3. The Labute approximate surface area is 134 Å². The van der Waals surface area contributed by atoms with Crippen molar-refractivity contribution in [1.82, 2.24) is 0 Å². The van der Waals surface area contributed by atoms with Gasteiger partial charge in [-0.25, -0.2) is 4.39 Å². The van der Waals surface area contributed by atoms with Crippen LogP contribution in [0.1, 0.15) is 5.56 Å². The summed E-state index contributed by atoms with van der Waals surface area (Å²) < 4.78 is 25.3. The van der Waals surface area contributed by atoms with E-state index in [1.165, 1.54) is 6.07 Å². The summed E-state index contributed by atoms with van der Waals surface area (Å²) in [4.78, 5) is 0. The first-order chi connectivity index (χ1) is 11.2. The zero-order valence-corrected chi connectivity index (χ0v) is 13.0. The summed E-state index contributed by atoms with van der Waals surface area (Å²) in [5.41, 5.74) is 1.86. The van der Waals surface area contributed by atoms with E-state index in [4.69, 9.17) is 14.4 Å². The summed E-state index contributed by atoms with van der Waals surface area (Å²) in [6.45, 7) is 1.84. The number of hydrogen-bond donors (Lipinski definition) is 1. The molecule has 0 aromatic heterocycles. The smallest absolute Gasteiger partial charge is 0.504 e. The maximum atomic E-state index is 14.6. The maximum absolute atomic E-state index is 14.6. The van der Waals surface area contributed by atoms with E-state index in [0.717, 1.165) is 16.3 Å². The van der Waals surface area contributed by atoms with E-state index in [0.29, 0.717) is 22.6 Å². The van der Waals surface area contributed by atoms with Crippen molar-refractivity contribution < 1.29 is 18.8 Å². The molecule has 1 N–H and O–H groups in total. The maximum Gasteiger partial charge on any atom is 0.504 e. The fourth-order valence-electron chi connectivity index (χ4n) is 2.77. The van der Waals surface area contributed by atoms with Crippen LogP contribution in [0.25, 0.3) is 21.9 Å². The van der Waals surface area contributed by atoms with Crippen molar-refractivity contribution in [2.24, 2.45) is 0 Å². The first-order valence-electron chi connectivity index (χ1n) is 7.25. The predicted octanol–water partition coefficient (Wildman–Crippen LogP) is 3.60. The second kappa shape index (κ2) is 6.30. The van der Waals surface area contributed by atoms with E-state index in [-0.39, 0.29) is 5.82 Å². The Hall–Kier alpha value is -2.53. The Morgan fingerprint density at radius 3 is 2.57 bits per heavy atom. The standard InChI is InChI=1S/C18H16BFO3/c1-11-9-17(22-2)14(10-16(11)23-19-21)18-13-6-4-3-5-12(13)7-8-15(18)20/h3-10,19,21H,1-2H3. The zero-order chi connectivity index (χ0) is 16.4. The van der Waals surface area contributed by atoms with Crippen LogP contribution < -0.4 is 9.39 Å². The Bertz CT molecular complexity index is 864. The van der Waals surface area contributed by atoms with E-state index in [9.17, 15) is 4.39 Å². The third-order valence-corrected chi connectivity index (χ3v) is 3.86. The summed E-state index contributed by atoms with van der Waals surface area (Å²) in [5.74, 6) is 0.722. The SMILES string of the molecule is COc1cc(C)c(OBO)cc1-c1c(F)ccc2ccccc12. The van der Waals surface area contributed by atoms with Crippen molar-refractivity contribution in [1.29, 1.82) is 0 Å². The van der Waals surface area contributed by atoms with Crippen LogP contribution >= 0.6 is 0 Å². The van der Waals surface area contributed by atoms with Gasteiger partial charge >= 0.3 is 7.69 Å². The predicted molar refractivity (Wildman–Crippen MR) is 90.6 cm³/mol. The molecule has 0 heterocycles. The van der Waals surface area contributed by atoms with Gasteiger partial charge in [0.05, 0.1) is 7.11 Å². The molecule has 0 unspecified atom stereocenters. The average Bonchev–Trinajstić information content (AvgIpc) is 2.57. The summed E-state index contributed by atoms with van der Waals surface area (Å²) in [5, 5.41) is 10.8. The number of ether oxygens (including phenoxy) is 1. The van der Waals surface area contributed by atoms with Crippen LogP contribution in [0.5, 0.6) is 11.5 Å². The minimum Gasteiger partial charge on any atom is -0.539 e. The lowest BCUT2D eigenvalue weighted by molar-refractivity contribution is 0.413. The van der Waals surface area contributed by atoms with Crippen molar-refractivity contribution in [2.45, 2.75) is 6.92 Å². The van der Waals surface area contributed by atoms with Gasteiger partial charge in [0.1, 0.15) is 17.3 Å². The molecule has 0 atom stereocenters. The summed E-state index contributed by atoms with van der Waals surface area (Å²) >= 11 is 0. The monoisotopic (exact) mass is 310 g/mol. The van der Waals surface area contributed by atoms with Crippen molar-refractivity contribution >= 4 is 18.5 Å². The molecule has 0 aliphatic rings. The molecule has 0 spiro atoms. The van der Waals surface area contributed by atoms with Crippen LogP contribution in [0.4, 0.5) is 4.39 Å². The molecule has 5 heteroatoms. The number of fused-ring (bicyclic) bond motifs is 1. The van der Waals surface area contributed by atoms with Gasteiger partial charge in [0.2, 0.25) is 0 Å². The summed E-state index contributed by atoms with van der Waals surface area (Å²) in [6.07, 6.45) is 0. The van der Waals surface area contributed by atoms with Crippen LogP contribution in [0.3, 0.4) is 0 Å². The van der Waals surface area contributed by atoms with E-state index >= 15 is 0 Å². The second-order valence-corrected chi connectivity index (χ2v) is 5.23. The topological polar surface area (TPSA) is 38.7 Å². The molecule has 0 saturated heterocycles. The van der Waals surface area contributed by atoms with Gasteiger partial charge in [0.15, 0.2) is 0 Å². The molecule has 3 aromatic carbocycles. The molecule has 3 rings (SSSR count). The van der Waals surface area contributed by atoms with Crippen LogP contribution in [-0.4, -0.2) is 19.8 Å². The molecule has 0 fully saturated rings. The van der Waals surface area contributed by atoms with E-state index in [2.05, 4.69) is 0 Å². The molecular weight excluding hydrogens is 294 g/mol. The van der Waals surface area contributed by atoms with E-state index in [1.807, 2.05) is 31.2 Å². The number of hydrogen-bond acceptors (Lipinski definition) is 3. The normalized spacial score (nSPS) is 10.6. The van der Waals surface area contributed by atoms with Crippen molar-refractivity contribution in [3.05, 3.63) is 59.9 Å². The van der Waals surface area contributed by atoms with Gasteiger partial charge in [0, 0.05) is 11.1 Å². The average molecular weight is 310 g/mol. The van der Waals surface area contributed by atoms with Crippen molar-refractivity contribution in [3.8, 4) is 22.6 Å². The van der Waals surface area contributed by atoms with Crippen LogP contribution in [0, 0.1) is 12.7 Å². The number of methoxy groups -OCH3 is 1. The van der Waals surface area contributed by atoms with Crippen molar-refractivity contribution in [2.75, 3.05) is 7.11 Å². The van der Waals surface area contributed by atoms with Gasteiger partial charge in [-0.2, -0.15) is 0 Å². The fraction of sp³-hybridized carbons (Fsp3) is 0.111. The zero-order valence-electron chi connectivity index (χ0n) is 13.0. The highest BCUT2D eigenvalue weighted by Gasteiger charge is 2.17. The second-order valence-electron chi connectivity index (χ2n) is 5.23. The first-order valence-corrected chi connectivity index (χ1v) is 7.25. The quantitative estimate of drug-likeness (QED) is 0.748. The molecule has 0 aliphatic carbocycles. The first kappa shape index (κ1) is 15.4. The van der Waals surface area contributed by atoms with Gasteiger partial charge < -0.3 is 14.4 Å². The number of benzene rings is 3. The Morgan fingerprint density at radius 1 is 1.04 bits per heavy atom. The third kappa shape index (κ3) is 2.75. The third-order valence-electron chi connectivity index (χ3n) is 3.86. The lowest BCUT2D eigenvalue weighted by atomic mass is 9.95. The highest BCUT2D eigenvalue weighted by atomic mass is 19.1. The summed E-state index contributed by atoms with van der Waals surface area (Å²) in [7, 11) is 1.11. The number of aryl methyl sites for hydroxylation is 1. The van der Waals surface area contributed by atoms with Gasteiger partial charge in [-0.1, -0.05) is 30.3 Å². The van der Waals surface area contributed by atoms with E-state index in [1.54, 1.807) is 25.3 Å². The molecule has 3 nitrogen and oxygen atoms in total. The molecule has 23 heavy (non-hydrogen) atoms. The fourth-order valence-corrected chi connectivity index (χ4v) is 2.77. The number of rotatable bonds is 4. The number of halogens is 1. The molecule has 3 aromatic rings. The van der Waals surface area contributed by atoms with E-state index < -0.39 is 7.69 Å². The van der Waals surface area contributed by atoms with Crippen molar-refractivity contribution in [3.63, 3.8) is 0 Å². The van der Waals surface area contributed by atoms with Crippen LogP contribution in [-0.2, 0) is 0 Å². The highest BCUT2D eigenvalue weighted by molar-refractivity contribution is 6.17.